The van der Waals surface area contributed by atoms with Gasteiger partial charge in [0.15, 0.2) is 9.74 Å². The number of carbonyl (C=O) groups is 7. The van der Waals surface area contributed by atoms with Gasteiger partial charge in [-0.05, 0) is 96.5 Å². The van der Waals surface area contributed by atoms with Crippen LogP contribution in [0.5, 0.6) is 0 Å². The Hall–Kier alpha value is -5.42. The van der Waals surface area contributed by atoms with Crippen LogP contribution in [-0.4, -0.2) is 186 Å². The minimum Gasteiger partial charge on any atom is -0.444 e. The summed E-state index contributed by atoms with van der Waals surface area (Å²) in [6.45, 7) is 5.55. The maximum atomic E-state index is 16.2. The van der Waals surface area contributed by atoms with Gasteiger partial charge in [-0.25, -0.2) is 22.3 Å². The number of para-hydroxylation sites is 1. The van der Waals surface area contributed by atoms with Crippen LogP contribution in [0.3, 0.4) is 0 Å². The number of piperazine rings is 2. The molecule has 4 bridgehead atoms. The molecule has 3 N–H and O–H groups in total. The highest BCUT2D eigenvalue weighted by Crippen LogP contribution is 2.79. The number of unbranched alkanes of at least 4 members (excludes halogenated alkanes) is 1. The number of sulfonamides is 1. The Bertz CT molecular complexity index is 3200. The zero-order valence-corrected chi connectivity index (χ0v) is 49.3. The number of hydrogen-bond acceptors (Lipinski definition) is 19. The topological polar surface area (TPSA) is 260 Å². The number of anilines is 1. The Kier molecular flexibility index (Phi) is 14.9. The van der Waals surface area contributed by atoms with Crippen LogP contribution >= 0.6 is 43.2 Å². The summed E-state index contributed by atoms with van der Waals surface area (Å²) in [5.41, 5.74) is -1.10. The Balaban J connectivity index is 0.820. The average molecular weight is 1210 g/mol. The van der Waals surface area contributed by atoms with E-state index in [1.807, 2.05) is 30.3 Å². The standard InChI is InChI=1S/C54H63N7O15S5/c1-48(2,3)76-46(68)56-23-26-73-28-27-72-25-22-55-40(63)21-13-14-24-74-47(69)75-33-54-45(67)60-41-50(31-52(60,78-80-54)43(65)58(54)5,37-19-11-12-20-38(37)61(41)81(70,71)35-16-7-6-8-17-35)49-30-51-42(64)57(4)53(32-62,79-77-51)44(66)59(51)39(49)29-34-15-9-10-18-36(34)49/h6-12,15-20,39,41,62H,13-14,21-33H2,1-5H3,(H,55,63)(H,56,68)/t39-,41-,49-,50-,51-,52-,53-,54-/m0/s1. The van der Waals surface area contributed by atoms with Crippen molar-refractivity contribution in [2.24, 2.45) is 0 Å². The van der Waals surface area contributed by atoms with Crippen LogP contribution in [0.15, 0.2) is 83.8 Å². The summed E-state index contributed by atoms with van der Waals surface area (Å²) in [6.07, 6.45) is -2.22. The summed E-state index contributed by atoms with van der Waals surface area (Å²) >= 11 is 0. The van der Waals surface area contributed by atoms with E-state index in [9.17, 15) is 19.5 Å². The van der Waals surface area contributed by atoms with Gasteiger partial charge < -0.3 is 54.1 Å². The minimum atomic E-state index is -4.63. The van der Waals surface area contributed by atoms with Crippen LogP contribution in [0, 0.1) is 0 Å². The zero-order valence-electron chi connectivity index (χ0n) is 45.2. The van der Waals surface area contributed by atoms with E-state index in [-0.39, 0.29) is 87.6 Å². The van der Waals surface area contributed by atoms with Gasteiger partial charge in [0.05, 0.1) is 55.6 Å². The molecule has 1 aliphatic carbocycles. The van der Waals surface area contributed by atoms with E-state index in [4.69, 9.17) is 23.7 Å². The van der Waals surface area contributed by atoms with Gasteiger partial charge in [0.2, 0.25) is 15.6 Å². The van der Waals surface area contributed by atoms with E-state index in [0.717, 1.165) is 43.5 Å². The maximum absolute atomic E-state index is 16.2. The number of likely N-dealkylation sites (N-methyl/N-ethyl adjacent to an activating group) is 2. The predicted octanol–water partition coefficient (Wildman–Crippen LogP) is 4.30. The van der Waals surface area contributed by atoms with Gasteiger partial charge in [-0.3, -0.25) is 28.9 Å². The third kappa shape index (κ3) is 8.53. The summed E-state index contributed by atoms with van der Waals surface area (Å²) in [6, 6.07) is 21.7. The molecule has 9 aliphatic heterocycles. The smallest absolute Gasteiger partial charge is 0.444 e. The highest BCUT2D eigenvalue weighted by atomic mass is 33.1. The van der Waals surface area contributed by atoms with Crippen molar-refractivity contribution < 1.29 is 70.8 Å². The second kappa shape index (κ2) is 21.0. The number of fused-ring (bicyclic) bond motifs is 11. The summed E-state index contributed by atoms with van der Waals surface area (Å²) in [4.78, 5) is 98.7. The number of nitrogens with zero attached hydrogens (tertiary/aromatic N) is 5. The minimum absolute atomic E-state index is 0.0169. The lowest BCUT2D eigenvalue weighted by Gasteiger charge is -2.58. The molecule has 0 unspecified atom stereocenters. The van der Waals surface area contributed by atoms with Crippen molar-refractivity contribution in [3.05, 3.63) is 95.6 Å². The number of carbonyl (C=O) groups excluding carboxylic acids is 7. The molecular weight excluding hydrogens is 1150 g/mol. The number of amides is 6. The Morgan fingerprint density at radius 1 is 0.679 bits per heavy atom. The number of aliphatic hydroxyl groups excluding tert-OH is 1. The van der Waals surface area contributed by atoms with E-state index >= 15 is 27.6 Å². The number of nitrogens with one attached hydrogen (secondary N) is 2. The highest BCUT2D eigenvalue weighted by Gasteiger charge is 2.89. The maximum Gasteiger partial charge on any atom is 0.508 e. The SMILES string of the molecule is CN1C(=O)[C@@]23C[C@]4([C@]56C[C@@]78SS[C@@](COC(=O)OCCCCC(=O)NCCOCCOCCNC(=O)OC(C)(C)C)(C(=O)N7[C@H]5N(S(=O)(=O)c5ccccc5)c5ccccc56)N(C)C8=O)c5ccccc5C[C@@H]4N2C(=O)[C@]1(CO)SS3. The Morgan fingerprint density at radius 3 is 1.96 bits per heavy atom. The number of rotatable bonds is 20. The number of benzene rings is 3. The second-order valence-electron chi connectivity index (χ2n) is 22.2. The summed E-state index contributed by atoms with van der Waals surface area (Å²) in [5.74, 6) is -2.29. The van der Waals surface area contributed by atoms with Crippen molar-refractivity contribution in [1.82, 2.24) is 30.2 Å². The second-order valence-corrected chi connectivity index (χ2v) is 29.4. The van der Waals surface area contributed by atoms with E-state index < -0.39 is 101 Å². The van der Waals surface area contributed by atoms with Gasteiger partial charge in [-0.15, -0.1) is 0 Å². The van der Waals surface area contributed by atoms with Gasteiger partial charge >= 0.3 is 12.2 Å². The first-order valence-electron chi connectivity index (χ1n) is 26.7. The molecular formula is C54H63N7O15S5. The van der Waals surface area contributed by atoms with Crippen molar-refractivity contribution in [2.75, 3.05) is 77.7 Å². The third-order valence-corrected chi connectivity index (χ3v) is 25.8. The molecule has 0 aromatic heterocycles. The molecule has 3 aromatic rings. The molecule has 81 heavy (non-hydrogen) atoms. The van der Waals surface area contributed by atoms with Crippen LogP contribution in [-0.2, 0) is 74.9 Å². The molecule has 8 saturated heterocycles. The fourth-order valence-corrected chi connectivity index (χ4v) is 22.4. The molecule has 9 heterocycles. The largest absolute Gasteiger partial charge is 0.508 e. The molecule has 6 amide bonds. The van der Waals surface area contributed by atoms with Crippen LogP contribution < -0.4 is 14.9 Å². The lowest BCUT2D eigenvalue weighted by Crippen LogP contribution is -2.78. The van der Waals surface area contributed by atoms with Crippen molar-refractivity contribution in [2.45, 2.75) is 112 Å². The lowest BCUT2D eigenvalue weighted by atomic mass is 9.53. The average Bonchev–Trinajstić information content (AvgIpc) is 1.53. The predicted molar refractivity (Wildman–Crippen MR) is 301 cm³/mol. The Labute approximate surface area is 484 Å². The Morgan fingerprint density at radius 2 is 1.27 bits per heavy atom. The first kappa shape index (κ1) is 57.4. The highest BCUT2D eigenvalue weighted by molar-refractivity contribution is 8.78. The van der Waals surface area contributed by atoms with Gasteiger partial charge in [-0.1, -0.05) is 82.3 Å². The van der Waals surface area contributed by atoms with Crippen molar-refractivity contribution in [3.8, 4) is 0 Å². The van der Waals surface area contributed by atoms with Crippen LogP contribution in [0.25, 0.3) is 0 Å². The first-order chi connectivity index (χ1) is 38.6. The molecule has 27 heteroatoms. The van der Waals surface area contributed by atoms with Crippen LogP contribution in [0.2, 0.25) is 0 Å². The molecule has 0 saturated carbocycles. The van der Waals surface area contributed by atoms with E-state index in [1.54, 1.807) is 62.1 Å². The van der Waals surface area contributed by atoms with E-state index in [1.165, 1.54) is 56.0 Å². The number of hydrogen-bond donors (Lipinski definition) is 3. The van der Waals surface area contributed by atoms with Crippen LogP contribution in [0.4, 0.5) is 15.3 Å². The third-order valence-electron chi connectivity index (χ3n) is 16.8. The number of alkyl carbamates (subject to hydrolysis) is 1. The molecule has 8 atom stereocenters. The summed E-state index contributed by atoms with van der Waals surface area (Å²) in [7, 11) is 2.85. The molecule has 2 spiro atoms. The van der Waals surface area contributed by atoms with Crippen molar-refractivity contribution in [3.63, 3.8) is 0 Å². The molecule has 0 radical (unpaired) electrons. The molecule has 434 valence electrons. The first-order valence-corrected chi connectivity index (χ1v) is 32.4. The van der Waals surface area contributed by atoms with Gasteiger partial charge in [-0.2, -0.15) is 0 Å². The number of ether oxygens (including phenoxy) is 5. The van der Waals surface area contributed by atoms with E-state index in [0.29, 0.717) is 25.0 Å². The fourth-order valence-electron chi connectivity index (χ4n) is 13.4. The fraction of sp³-hybridized carbons (Fsp3) is 0.537. The van der Waals surface area contributed by atoms with Gasteiger partial charge in [0.25, 0.3) is 33.7 Å². The monoisotopic (exact) mass is 1210 g/mol. The van der Waals surface area contributed by atoms with Crippen LogP contribution in [0.1, 0.15) is 69.6 Å². The molecule has 13 rings (SSSR count). The summed E-state index contributed by atoms with van der Waals surface area (Å²) in [5, 5.41) is 16.4. The van der Waals surface area contributed by atoms with Gasteiger partial charge in [0.1, 0.15) is 18.4 Å². The normalized spacial score (nSPS) is 30.2. The molecule has 22 nitrogen and oxygen atoms in total. The number of aliphatic hydroxyl groups is 1. The van der Waals surface area contributed by atoms with Crippen molar-refractivity contribution >= 4 is 101 Å². The quantitative estimate of drug-likeness (QED) is 0.0809. The molecule has 10 aliphatic rings. The molecule has 8 fully saturated rings. The zero-order chi connectivity index (χ0) is 57.5. The van der Waals surface area contributed by atoms with E-state index in [2.05, 4.69) is 10.6 Å². The molecule has 3 aromatic carbocycles. The lowest BCUT2D eigenvalue weighted by molar-refractivity contribution is -0.167. The van der Waals surface area contributed by atoms with Gasteiger partial charge in [0, 0.05) is 57.9 Å². The summed E-state index contributed by atoms with van der Waals surface area (Å²) < 4.78 is 60.1. The van der Waals surface area contributed by atoms with Crippen molar-refractivity contribution in [1.29, 1.82) is 0 Å².